The summed E-state index contributed by atoms with van der Waals surface area (Å²) in [7, 11) is 1.88. The number of nitrogens with one attached hydrogen (secondary N) is 1. The molecular weight excluding hydrogens is 288 g/mol. The zero-order valence-electron chi connectivity index (χ0n) is 9.20. The molecule has 1 aromatic rings. The Labute approximate surface area is 108 Å². The maximum Gasteiger partial charge on any atom is 0.227 e. The van der Waals surface area contributed by atoms with Crippen molar-refractivity contribution >= 4 is 33.2 Å². The molecule has 1 unspecified atom stereocenters. The third-order valence-electron chi connectivity index (χ3n) is 2.83. The van der Waals surface area contributed by atoms with Crippen molar-refractivity contribution in [1.82, 2.24) is 10.2 Å². The molecule has 0 bridgehead atoms. The predicted molar refractivity (Wildman–Crippen MR) is 69.5 cm³/mol. The molecule has 0 aliphatic carbocycles. The topological polar surface area (TPSA) is 32.3 Å². The van der Waals surface area contributed by atoms with E-state index in [0.717, 1.165) is 23.3 Å². The molecular formula is C11H15BrN2OS. The molecule has 0 aromatic carbocycles. The van der Waals surface area contributed by atoms with E-state index in [-0.39, 0.29) is 11.8 Å². The molecule has 2 heterocycles. The van der Waals surface area contributed by atoms with Crippen molar-refractivity contribution < 1.29 is 4.79 Å². The lowest BCUT2D eigenvalue weighted by atomic mass is 10.1. The Morgan fingerprint density at radius 1 is 1.75 bits per heavy atom. The highest BCUT2D eigenvalue weighted by Gasteiger charge is 2.25. The van der Waals surface area contributed by atoms with Crippen molar-refractivity contribution in [1.29, 1.82) is 0 Å². The van der Waals surface area contributed by atoms with Crippen LogP contribution in [-0.4, -0.2) is 30.9 Å². The Balaban J connectivity index is 1.91. The lowest BCUT2D eigenvalue weighted by Crippen LogP contribution is -2.33. The third kappa shape index (κ3) is 2.84. The van der Waals surface area contributed by atoms with Gasteiger partial charge in [0.2, 0.25) is 5.91 Å². The van der Waals surface area contributed by atoms with Gasteiger partial charge in [0.05, 0.1) is 9.70 Å². The summed E-state index contributed by atoms with van der Waals surface area (Å²) in [5.41, 5.74) is 1.19. The maximum atomic E-state index is 12.0. The molecule has 0 radical (unpaired) electrons. The SMILES string of the molecule is CN(Cc1csc(Br)c1)C(=O)C1CCNC1. The second kappa shape index (κ2) is 5.29. The van der Waals surface area contributed by atoms with E-state index in [1.54, 1.807) is 11.3 Å². The second-order valence-electron chi connectivity index (χ2n) is 4.14. The quantitative estimate of drug-likeness (QED) is 0.927. The molecule has 1 atom stereocenters. The zero-order chi connectivity index (χ0) is 11.5. The van der Waals surface area contributed by atoms with E-state index in [2.05, 4.69) is 32.7 Å². The first-order valence-corrected chi connectivity index (χ1v) is 7.02. The maximum absolute atomic E-state index is 12.0. The highest BCUT2D eigenvalue weighted by molar-refractivity contribution is 9.11. The van der Waals surface area contributed by atoms with Crippen molar-refractivity contribution in [2.75, 3.05) is 20.1 Å². The number of hydrogen-bond acceptors (Lipinski definition) is 3. The molecule has 0 saturated carbocycles. The molecule has 1 aliphatic rings. The summed E-state index contributed by atoms with van der Waals surface area (Å²) in [6.45, 7) is 2.50. The number of thiophene rings is 1. The summed E-state index contributed by atoms with van der Waals surface area (Å²) >= 11 is 5.09. The summed E-state index contributed by atoms with van der Waals surface area (Å²) in [5, 5.41) is 5.31. The summed E-state index contributed by atoms with van der Waals surface area (Å²) in [6, 6.07) is 2.07. The fourth-order valence-corrected chi connectivity index (χ4v) is 3.16. The van der Waals surface area contributed by atoms with Gasteiger partial charge in [0.1, 0.15) is 0 Å². The molecule has 2 rings (SSSR count). The largest absolute Gasteiger partial charge is 0.341 e. The van der Waals surface area contributed by atoms with Crippen LogP contribution in [0.15, 0.2) is 15.2 Å². The Kier molecular flexibility index (Phi) is 4.00. The summed E-state index contributed by atoms with van der Waals surface area (Å²) in [5.74, 6) is 0.430. The predicted octanol–water partition coefficient (Wildman–Crippen LogP) is 2.08. The average molecular weight is 303 g/mol. The van der Waals surface area contributed by atoms with Crippen molar-refractivity contribution in [3.8, 4) is 0 Å². The van der Waals surface area contributed by atoms with E-state index in [4.69, 9.17) is 0 Å². The first-order valence-electron chi connectivity index (χ1n) is 5.35. The highest BCUT2D eigenvalue weighted by atomic mass is 79.9. The number of halogens is 1. The summed E-state index contributed by atoms with van der Waals surface area (Å²) in [6.07, 6.45) is 0.969. The van der Waals surface area contributed by atoms with Gasteiger partial charge < -0.3 is 10.2 Å². The Bertz CT molecular complexity index is 374. The molecule has 1 fully saturated rings. The number of nitrogens with zero attached hydrogens (tertiary/aromatic N) is 1. The molecule has 5 heteroatoms. The Morgan fingerprint density at radius 2 is 2.56 bits per heavy atom. The van der Waals surface area contributed by atoms with Gasteiger partial charge in [0.25, 0.3) is 0 Å². The average Bonchev–Trinajstić information content (AvgIpc) is 2.88. The molecule has 0 spiro atoms. The molecule has 16 heavy (non-hydrogen) atoms. The third-order valence-corrected chi connectivity index (χ3v) is 4.38. The Hall–Kier alpha value is -0.390. The van der Waals surface area contributed by atoms with Gasteiger partial charge in [-0.2, -0.15) is 0 Å². The number of carbonyl (C=O) groups is 1. The molecule has 1 saturated heterocycles. The lowest BCUT2D eigenvalue weighted by Gasteiger charge is -2.19. The minimum absolute atomic E-state index is 0.173. The molecule has 1 aliphatic heterocycles. The highest BCUT2D eigenvalue weighted by Crippen LogP contribution is 2.22. The zero-order valence-corrected chi connectivity index (χ0v) is 11.6. The van der Waals surface area contributed by atoms with Crippen LogP contribution >= 0.6 is 27.3 Å². The minimum Gasteiger partial charge on any atom is -0.341 e. The molecule has 88 valence electrons. The normalized spacial score (nSPS) is 20.0. The van der Waals surface area contributed by atoms with Crippen LogP contribution in [-0.2, 0) is 11.3 Å². The van der Waals surface area contributed by atoms with Gasteiger partial charge in [-0.1, -0.05) is 0 Å². The number of carbonyl (C=O) groups excluding carboxylic acids is 1. The van der Waals surface area contributed by atoms with E-state index in [9.17, 15) is 4.79 Å². The van der Waals surface area contributed by atoms with E-state index in [1.165, 1.54) is 5.56 Å². The van der Waals surface area contributed by atoms with Gasteiger partial charge in [-0.25, -0.2) is 0 Å². The fraction of sp³-hybridized carbons (Fsp3) is 0.545. The van der Waals surface area contributed by atoms with Crippen LogP contribution in [0, 0.1) is 5.92 Å². The van der Waals surface area contributed by atoms with Gasteiger partial charge in [0, 0.05) is 20.1 Å². The van der Waals surface area contributed by atoms with Crippen LogP contribution in [0.3, 0.4) is 0 Å². The van der Waals surface area contributed by atoms with Gasteiger partial charge in [-0.15, -0.1) is 11.3 Å². The molecule has 1 aromatic heterocycles. The van der Waals surface area contributed by atoms with Crippen LogP contribution in [0.25, 0.3) is 0 Å². The molecule has 1 amide bonds. The van der Waals surface area contributed by atoms with E-state index in [0.29, 0.717) is 6.54 Å². The van der Waals surface area contributed by atoms with Crippen molar-refractivity contribution in [2.24, 2.45) is 5.92 Å². The number of hydrogen-bond donors (Lipinski definition) is 1. The van der Waals surface area contributed by atoms with E-state index in [1.807, 2.05) is 11.9 Å². The summed E-state index contributed by atoms with van der Waals surface area (Å²) in [4.78, 5) is 13.9. The lowest BCUT2D eigenvalue weighted by molar-refractivity contribution is -0.134. The molecule has 3 nitrogen and oxygen atoms in total. The van der Waals surface area contributed by atoms with Crippen LogP contribution in [0.1, 0.15) is 12.0 Å². The number of rotatable bonds is 3. The van der Waals surface area contributed by atoms with Crippen molar-refractivity contribution in [3.05, 3.63) is 20.8 Å². The summed E-state index contributed by atoms with van der Waals surface area (Å²) < 4.78 is 1.12. The first-order chi connectivity index (χ1) is 7.66. The van der Waals surface area contributed by atoms with Gasteiger partial charge in [0.15, 0.2) is 0 Å². The van der Waals surface area contributed by atoms with Gasteiger partial charge in [-0.3, -0.25) is 4.79 Å². The van der Waals surface area contributed by atoms with Crippen LogP contribution < -0.4 is 5.32 Å². The van der Waals surface area contributed by atoms with E-state index >= 15 is 0 Å². The first kappa shape index (κ1) is 12.1. The Morgan fingerprint density at radius 3 is 3.12 bits per heavy atom. The van der Waals surface area contributed by atoms with Gasteiger partial charge in [-0.05, 0) is 45.9 Å². The van der Waals surface area contributed by atoms with Crippen molar-refractivity contribution in [2.45, 2.75) is 13.0 Å². The van der Waals surface area contributed by atoms with Gasteiger partial charge >= 0.3 is 0 Å². The second-order valence-corrected chi connectivity index (χ2v) is 6.43. The van der Waals surface area contributed by atoms with Crippen LogP contribution in [0.2, 0.25) is 0 Å². The van der Waals surface area contributed by atoms with Crippen LogP contribution in [0.4, 0.5) is 0 Å². The monoisotopic (exact) mass is 302 g/mol. The molecule has 1 N–H and O–H groups in total. The standard InChI is InChI=1S/C11H15BrN2OS/c1-14(6-8-4-10(12)16-7-8)11(15)9-2-3-13-5-9/h4,7,9,13H,2-3,5-6H2,1H3. The van der Waals surface area contributed by atoms with E-state index < -0.39 is 0 Å². The minimum atomic E-state index is 0.173. The number of amides is 1. The van der Waals surface area contributed by atoms with Crippen molar-refractivity contribution in [3.63, 3.8) is 0 Å². The van der Waals surface area contributed by atoms with Crippen LogP contribution in [0.5, 0.6) is 0 Å². The smallest absolute Gasteiger partial charge is 0.227 e. The fourth-order valence-electron chi connectivity index (χ4n) is 1.96.